The highest BCUT2D eigenvalue weighted by molar-refractivity contribution is 7.89. The Hall–Kier alpha value is -1.77. The molecular weight excluding hydrogens is 286 g/mol. The minimum absolute atomic E-state index is 0.0172. The standard InChI is InChI=1S/C12H15NO6S/c1-13(19-3)20(16,17)10-6-4-9(5-7-10)11(14)8-12(15)18-2/h4-7H,8H2,1-3H3. The first-order valence-electron chi connectivity index (χ1n) is 5.56. The third-order valence-corrected chi connectivity index (χ3v) is 4.30. The molecule has 1 aromatic carbocycles. The van der Waals surface area contributed by atoms with E-state index in [9.17, 15) is 18.0 Å². The van der Waals surface area contributed by atoms with E-state index in [1.807, 2.05) is 0 Å². The summed E-state index contributed by atoms with van der Waals surface area (Å²) in [6.07, 6.45) is -0.388. The molecule has 0 N–H and O–H groups in total. The van der Waals surface area contributed by atoms with E-state index in [4.69, 9.17) is 0 Å². The Morgan fingerprint density at radius 1 is 1.15 bits per heavy atom. The van der Waals surface area contributed by atoms with Gasteiger partial charge in [0.1, 0.15) is 6.42 Å². The van der Waals surface area contributed by atoms with Gasteiger partial charge in [0.2, 0.25) is 0 Å². The molecule has 0 aliphatic heterocycles. The molecule has 0 radical (unpaired) electrons. The number of ether oxygens (including phenoxy) is 1. The van der Waals surface area contributed by atoms with Crippen molar-refractivity contribution in [2.24, 2.45) is 0 Å². The summed E-state index contributed by atoms with van der Waals surface area (Å²) in [4.78, 5) is 27.3. The van der Waals surface area contributed by atoms with Crippen LogP contribution < -0.4 is 0 Å². The second-order valence-corrected chi connectivity index (χ2v) is 5.73. The molecule has 8 heteroatoms. The lowest BCUT2D eigenvalue weighted by atomic mass is 10.1. The smallest absolute Gasteiger partial charge is 0.313 e. The summed E-state index contributed by atoms with van der Waals surface area (Å²) in [5.74, 6) is -1.09. The second-order valence-electron chi connectivity index (χ2n) is 3.80. The van der Waals surface area contributed by atoms with Crippen LogP contribution in [-0.4, -0.2) is 45.9 Å². The van der Waals surface area contributed by atoms with E-state index in [0.717, 1.165) is 0 Å². The van der Waals surface area contributed by atoms with Crippen molar-refractivity contribution in [3.63, 3.8) is 0 Å². The number of nitrogens with zero attached hydrogens (tertiary/aromatic N) is 1. The minimum Gasteiger partial charge on any atom is -0.469 e. The number of methoxy groups -OCH3 is 1. The molecule has 1 rings (SSSR count). The quantitative estimate of drug-likeness (QED) is 0.331. The number of hydrogen-bond acceptors (Lipinski definition) is 6. The number of hydrogen-bond donors (Lipinski definition) is 0. The monoisotopic (exact) mass is 301 g/mol. The Morgan fingerprint density at radius 3 is 2.15 bits per heavy atom. The van der Waals surface area contributed by atoms with Crippen molar-refractivity contribution in [2.75, 3.05) is 21.3 Å². The third kappa shape index (κ3) is 3.62. The van der Waals surface area contributed by atoms with Gasteiger partial charge in [0.25, 0.3) is 10.0 Å². The fraction of sp³-hybridized carbons (Fsp3) is 0.333. The molecule has 1 aromatic rings. The van der Waals surface area contributed by atoms with Gasteiger partial charge in [-0.2, -0.15) is 0 Å². The van der Waals surface area contributed by atoms with Gasteiger partial charge >= 0.3 is 5.97 Å². The lowest BCUT2D eigenvalue weighted by molar-refractivity contribution is -0.139. The first kappa shape index (κ1) is 16.3. The minimum atomic E-state index is -3.75. The normalized spacial score (nSPS) is 11.4. The van der Waals surface area contributed by atoms with Crippen molar-refractivity contribution in [3.8, 4) is 0 Å². The van der Waals surface area contributed by atoms with Crippen molar-refractivity contribution in [1.29, 1.82) is 0 Å². The lowest BCUT2D eigenvalue weighted by Gasteiger charge is -2.14. The first-order valence-corrected chi connectivity index (χ1v) is 7.00. The number of rotatable bonds is 6. The highest BCUT2D eigenvalue weighted by Gasteiger charge is 2.21. The van der Waals surface area contributed by atoms with Crippen molar-refractivity contribution in [1.82, 2.24) is 4.47 Å². The lowest BCUT2D eigenvalue weighted by Crippen LogP contribution is -2.25. The summed E-state index contributed by atoms with van der Waals surface area (Å²) in [5.41, 5.74) is 0.231. The van der Waals surface area contributed by atoms with Crippen LogP contribution >= 0.6 is 0 Å². The van der Waals surface area contributed by atoms with Crippen molar-refractivity contribution >= 4 is 21.8 Å². The Kier molecular flexibility index (Phi) is 5.37. The van der Waals surface area contributed by atoms with Crippen molar-refractivity contribution in [3.05, 3.63) is 29.8 Å². The van der Waals surface area contributed by atoms with Gasteiger partial charge in [-0.3, -0.25) is 14.4 Å². The number of benzene rings is 1. The maximum absolute atomic E-state index is 11.9. The summed E-state index contributed by atoms with van der Waals surface area (Å²) in [6.45, 7) is 0. The average Bonchev–Trinajstić information content (AvgIpc) is 2.46. The maximum Gasteiger partial charge on any atom is 0.313 e. The molecule has 0 saturated heterocycles. The van der Waals surface area contributed by atoms with Crippen LogP contribution in [0.1, 0.15) is 16.8 Å². The highest BCUT2D eigenvalue weighted by Crippen LogP contribution is 2.16. The third-order valence-electron chi connectivity index (χ3n) is 2.60. The van der Waals surface area contributed by atoms with Crippen molar-refractivity contribution < 1.29 is 27.6 Å². The maximum atomic E-state index is 11.9. The van der Waals surface area contributed by atoms with E-state index in [2.05, 4.69) is 9.57 Å². The number of carbonyl (C=O) groups is 2. The van der Waals surface area contributed by atoms with Crippen LogP contribution in [0.25, 0.3) is 0 Å². The van der Waals surface area contributed by atoms with E-state index in [-0.39, 0.29) is 16.9 Å². The van der Waals surface area contributed by atoms with Gasteiger partial charge in [0, 0.05) is 12.6 Å². The Morgan fingerprint density at radius 2 is 1.70 bits per heavy atom. The number of esters is 1. The second kappa shape index (κ2) is 6.60. The van der Waals surface area contributed by atoms with Gasteiger partial charge in [0.05, 0.1) is 19.1 Å². The van der Waals surface area contributed by atoms with Gasteiger partial charge in [-0.25, -0.2) is 8.42 Å². The number of carbonyl (C=O) groups excluding carboxylic acids is 2. The number of hydroxylamine groups is 1. The molecule has 0 atom stereocenters. The van der Waals surface area contributed by atoms with E-state index in [1.165, 1.54) is 45.5 Å². The summed E-state index contributed by atoms with van der Waals surface area (Å²) >= 11 is 0. The molecule has 7 nitrogen and oxygen atoms in total. The van der Waals surface area contributed by atoms with E-state index < -0.39 is 21.8 Å². The fourth-order valence-electron chi connectivity index (χ4n) is 1.36. The molecule has 0 unspecified atom stereocenters. The first-order chi connectivity index (χ1) is 9.32. The Bertz CT molecular complexity index is 593. The van der Waals surface area contributed by atoms with Crippen LogP contribution in [-0.2, 0) is 24.4 Å². The Balaban J connectivity index is 2.95. The predicted molar refractivity (Wildman–Crippen MR) is 69.4 cm³/mol. The van der Waals surface area contributed by atoms with Gasteiger partial charge in [-0.15, -0.1) is 0 Å². The summed E-state index contributed by atoms with van der Waals surface area (Å²) < 4.78 is 28.9. The molecular formula is C12H15NO6S. The van der Waals surface area contributed by atoms with Gasteiger partial charge < -0.3 is 4.74 Å². The van der Waals surface area contributed by atoms with E-state index >= 15 is 0 Å². The molecule has 0 aliphatic rings. The molecule has 0 aliphatic carbocycles. The molecule has 0 amide bonds. The van der Waals surface area contributed by atoms with Crippen LogP contribution in [0.3, 0.4) is 0 Å². The van der Waals surface area contributed by atoms with Crippen LogP contribution in [0.4, 0.5) is 0 Å². The molecule has 0 saturated carbocycles. The molecule has 20 heavy (non-hydrogen) atoms. The topological polar surface area (TPSA) is 90.0 Å². The molecule has 0 bridgehead atoms. The van der Waals surface area contributed by atoms with Crippen LogP contribution in [0.5, 0.6) is 0 Å². The molecule has 0 fully saturated rings. The zero-order chi connectivity index (χ0) is 15.3. The fourth-order valence-corrected chi connectivity index (χ4v) is 2.34. The highest BCUT2D eigenvalue weighted by atomic mass is 32.2. The van der Waals surface area contributed by atoms with Gasteiger partial charge in [0.15, 0.2) is 5.78 Å². The number of ketones is 1. The molecule has 110 valence electrons. The predicted octanol–water partition coefficient (Wildman–Crippen LogP) is 0.614. The summed E-state index contributed by atoms with van der Waals surface area (Å²) in [5, 5.41) is 0. The van der Waals surface area contributed by atoms with Crippen LogP contribution in [0.15, 0.2) is 29.2 Å². The largest absolute Gasteiger partial charge is 0.469 e. The molecule has 0 spiro atoms. The SMILES string of the molecule is COC(=O)CC(=O)c1ccc(S(=O)(=O)N(C)OC)cc1. The van der Waals surface area contributed by atoms with Crippen LogP contribution in [0.2, 0.25) is 0 Å². The van der Waals surface area contributed by atoms with Gasteiger partial charge in [-0.1, -0.05) is 16.6 Å². The zero-order valence-electron chi connectivity index (χ0n) is 11.3. The number of sulfonamides is 1. The average molecular weight is 301 g/mol. The Labute approximate surface area is 117 Å². The molecule has 0 aromatic heterocycles. The molecule has 0 heterocycles. The number of Topliss-reactive ketones (excluding diaryl/α,β-unsaturated/α-hetero) is 1. The van der Waals surface area contributed by atoms with Crippen LogP contribution in [0, 0.1) is 0 Å². The summed E-state index contributed by atoms with van der Waals surface area (Å²) in [6, 6.07) is 5.22. The van der Waals surface area contributed by atoms with E-state index in [0.29, 0.717) is 4.47 Å². The van der Waals surface area contributed by atoms with Crippen molar-refractivity contribution in [2.45, 2.75) is 11.3 Å². The van der Waals surface area contributed by atoms with E-state index in [1.54, 1.807) is 0 Å². The van der Waals surface area contributed by atoms with Gasteiger partial charge in [-0.05, 0) is 12.1 Å². The zero-order valence-corrected chi connectivity index (χ0v) is 12.1. The summed E-state index contributed by atoms with van der Waals surface area (Å²) in [7, 11) is -0.0811.